The molecule has 0 spiro atoms. The monoisotopic (exact) mass is 867 g/mol. The second-order valence-electron chi connectivity index (χ2n) is 17.4. The molecule has 0 aromatic carbocycles. The minimum atomic E-state index is -0.786. The predicted octanol–water partition coefficient (Wildman–Crippen LogP) is 17.3. The molecule has 0 saturated carbocycles. The summed E-state index contributed by atoms with van der Waals surface area (Å²) in [6.07, 6.45) is 62.0. The number of esters is 3. The Kier molecular flexibility index (Phi) is 48.4. The average molecular weight is 867 g/mol. The second kappa shape index (κ2) is 50.8. The molecule has 0 aromatic rings. The Balaban J connectivity index is 4.42. The van der Waals surface area contributed by atoms with E-state index in [0.29, 0.717) is 19.3 Å². The van der Waals surface area contributed by atoms with E-state index in [-0.39, 0.29) is 31.1 Å². The van der Waals surface area contributed by atoms with E-state index in [0.717, 1.165) is 122 Å². The lowest BCUT2D eigenvalue weighted by molar-refractivity contribution is -0.167. The van der Waals surface area contributed by atoms with Crippen LogP contribution < -0.4 is 0 Å². The third kappa shape index (κ3) is 48.1. The Morgan fingerprint density at radius 1 is 0.339 bits per heavy atom. The fourth-order valence-electron chi connectivity index (χ4n) is 7.31. The minimum Gasteiger partial charge on any atom is -0.462 e. The number of carbonyl (C=O) groups is 3. The lowest BCUT2D eigenvalue weighted by atomic mass is 10.0. The van der Waals surface area contributed by atoms with Crippen LogP contribution in [0.1, 0.15) is 258 Å². The van der Waals surface area contributed by atoms with Gasteiger partial charge in [-0.1, -0.05) is 216 Å². The molecule has 0 aromatic heterocycles. The van der Waals surface area contributed by atoms with Crippen molar-refractivity contribution in [1.82, 2.24) is 0 Å². The zero-order chi connectivity index (χ0) is 45.1. The summed E-state index contributed by atoms with van der Waals surface area (Å²) in [5.41, 5.74) is 0. The van der Waals surface area contributed by atoms with E-state index in [9.17, 15) is 14.4 Å². The molecule has 0 N–H and O–H groups in total. The zero-order valence-corrected chi connectivity index (χ0v) is 40.9. The van der Waals surface area contributed by atoms with Crippen LogP contribution in [0.5, 0.6) is 0 Å². The molecule has 6 heteroatoms. The summed E-state index contributed by atoms with van der Waals surface area (Å²) >= 11 is 0. The highest BCUT2D eigenvalue weighted by Gasteiger charge is 2.19. The molecule has 0 bridgehead atoms. The Bertz CT molecular complexity index is 1130. The fraction of sp³-hybridized carbons (Fsp3) is 0.768. The summed E-state index contributed by atoms with van der Waals surface area (Å²) in [5.74, 6) is -0.909. The van der Waals surface area contributed by atoms with Gasteiger partial charge in [0.15, 0.2) is 6.10 Å². The van der Waals surface area contributed by atoms with Gasteiger partial charge in [-0.15, -0.1) is 0 Å². The topological polar surface area (TPSA) is 78.9 Å². The molecule has 0 rings (SSSR count). The maximum atomic E-state index is 12.8. The first-order valence-corrected chi connectivity index (χ1v) is 26.3. The third-order valence-corrected chi connectivity index (χ3v) is 11.3. The highest BCUT2D eigenvalue weighted by atomic mass is 16.6. The Morgan fingerprint density at radius 3 is 1.02 bits per heavy atom. The van der Waals surface area contributed by atoms with Crippen molar-refractivity contribution in [3.63, 3.8) is 0 Å². The first kappa shape index (κ1) is 59.1. The van der Waals surface area contributed by atoms with Gasteiger partial charge < -0.3 is 14.2 Å². The van der Waals surface area contributed by atoms with E-state index >= 15 is 0 Å². The van der Waals surface area contributed by atoms with Crippen LogP contribution in [0.2, 0.25) is 0 Å². The van der Waals surface area contributed by atoms with Gasteiger partial charge in [-0.2, -0.15) is 0 Å². The van der Waals surface area contributed by atoms with Gasteiger partial charge in [-0.05, 0) is 83.5 Å². The van der Waals surface area contributed by atoms with E-state index in [1.165, 1.54) is 96.3 Å². The Labute approximate surface area is 383 Å². The standard InChI is InChI=1S/C56H98O6/c1-4-7-10-13-16-19-22-25-28-31-34-37-40-43-46-49-55(58)61-52-53(51-60-54(57)48-45-42-39-36-33-30-27-24-21-18-15-12-9-6-3)62-56(59)50-47-44-41-38-35-32-29-26-23-20-17-14-11-8-5-2/h7,10,16-17,19-20,25-26,28-29,53H,4-6,8-9,11-15,18,21-24,27,30-52H2,1-3H3/b10-7-,19-16-,20-17-,28-25-,29-26-/t53-/m1/s1. The molecule has 0 unspecified atom stereocenters. The van der Waals surface area contributed by atoms with Gasteiger partial charge in [-0.3, -0.25) is 14.4 Å². The number of hydrogen-bond donors (Lipinski definition) is 0. The van der Waals surface area contributed by atoms with Crippen molar-refractivity contribution in [1.29, 1.82) is 0 Å². The number of carbonyl (C=O) groups excluding carboxylic acids is 3. The number of hydrogen-bond acceptors (Lipinski definition) is 6. The summed E-state index contributed by atoms with van der Waals surface area (Å²) in [6, 6.07) is 0. The van der Waals surface area contributed by atoms with E-state index in [1.807, 2.05) is 0 Å². The molecule has 0 aliphatic heterocycles. The van der Waals surface area contributed by atoms with Crippen molar-refractivity contribution < 1.29 is 28.6 Å². The number of allylic oxidation sites excluding steroid dienone is 10. The van der Waals surface area contributed by atoms with Gasteiger partial charge in [0.2, 0.25) is 0 Å². The predicted molar refractivity (Wildman–Crippen MR) is 265 cm³/mol. The minimum absolute atomic E-state index is 0.0837. The van der Waals surface area contributed by atoms with Gasteiger partial charge in [0.05, 0.1) is 0 Å². The molecular formula is C56H98O6. The molecule has 0 amide bonds. The molecule has 62 heavy (non-hydrogen) atoms. The molecular weight excluding hydrogens is 769 g/mol. The van der Waals surface area contributed by atoms with Crippen molar-refractivity contribution in [3.05, 3.63) is 60.8 Å². The van der Waals surface area contributed by atoms with Gasteiger partial charge in [0.25, 0.3) is 0 Å². The van der Waals surface area contributed by atoms with Crippen molar-refractivity contribution >= 4 is 17.9 Å². The van der Waals surface area contributed by atoms with Crippen LogP contribution in [0, 0.1) is 0 Å². The van der Waals surface area contributed by atoms with Crippen LogP contribution in [-0.4, -0.2) is 37.2 Å². The maximum Gasteiger partial charge on any atom is 0.306 e. The summed E-state index contributed by atoms with van der Waals surface area (Å²) in [6.45, 7) is 6.49. The number of unbranched alkanes of at least 4 members (excludes halogenated alkanes) is 26. The molecule has 0 aliphatic rings. The van der Waals surface area contributed by atoms with Gasteiger partial charge in [-0.25, -0.2) is 0 Å². The molecule has 0 heterocycles. The third-order valence-electron chi connectivity index (χ3n) is 11.3. The van der Waals surface area contributed by atoms with Crippen LogP contribution in [-0.2, 0) is 28.6 Å². The molecule has 1 atom stereocenters. The highest BCUT2D eigenvalue weighted by Crippen LogP contribution is 2.15. The molecule has 0 radical (unpaired) electrons. The quantitative estimate of drug-likeness (QED) is 0.0262. The summed E-state index contributed by atoms with van der Waals surface area (Å²) in [4.78, 5) is 38.0. The van der Waals surface area contributed by atoms with Crippen LogP contribution in [0.25, 0.3) is 0 Å². The lowest BCUT2D eigenvalue weighted by Gasteiger charge is -2.18. The van der Waals surface area contributed by atoms with Crippen LogP contribution in [0.15, 0.2) is 60.8 Å². The zero-order valence-electron chi connectivity index (χ0n) is 40.9. The first-order valence-electron chi connectivity index (χ1n) is 26.3. The first-order chi connectivity index (χ1) is 30.5. The smallest absolute Gasteiger partial charge is 0.306 e. The van der Waals surface area contributed by atoms with Crippen LogP contribution in [0.3, 0.4) is 0 Å². The second-order valence-corrected chi connectivity index (χ2v) is 17.4. The summed E-state index contributed by atoms with van der Waals surface area (Å²) < 4.78 is 16.8. The molecule has 0 saturated heterocycles. The van der Waals surface area contributed by atoms with Crippen molar-refractivity contribution in [3.8, 4) is 0 Å². The van der Waals surface area contributed by atoms with Gasteiger partial charge in [0.1, 0.15) is 13.2 Å². The maximum absolute atomic E-state index is 12.8. The average Bonchev–Trinajstić information content (AvgIpc) is 3.27. The molecule has 358 valence electrons. The number of ether oxygens (including phenoxy) is 3. The normalized spacial score (nSPS) is 12.5. The molecule has 0 fully saturated rings. The number of rotatable bonds is 47. The molecule has 0 aliphatic carbocycles. The Hall–Kier alpha value is -2.89. The van der Waals surface area contributed by atoms with Gasteiger partial charge in [0, 0.05) is 19.3 Å². The van der Waals surface area contributed by atoms with E-state index in [4.69, 9.17) is 14.2 Å². The highest BCUT2D eigenvalue weighted by molar-refractivity contribution is 5.71. The summed E-state index contributed by atoms with van der Waals surface area (Å²) in [5, 5.41) is 0. The van der Waals surface area contributed by atoms with Crippen molar-refractivity contribution in [2.45, 2.75) is 264 Å². The van der Waals surface area contributed by atoms with Crippen LogP contribution >= 0.6 is 0 Å². The lowest BCUT2D eigenvalue weighted by Crippen LogP contribution is -2.30. The van der Waals surface area contributed by atoms with E-state index in [2.05, 4.69) is 81.5 Å². The van der Waals surface area contributed by atoms with Crippen molar-refractivity contribution in [2.24, 2.45) is 0 Å². The fourth-order valence-corrected chi connectivity index (χ4v) is 7.31. The summed E-state index contributed by atoms with van der Waals surface area (Å²) in [7, 11) is 0. The Morgan fingerprint density at radius 2 is 0.629 bits per heavy atom. The molecule has 6 nitrogen and oxygen atoms in total. The van der Waals surface area contributed by atoms with Crippen LogP contribution in [0.4, 0.5) is 0 Å². The SMILES string of the molecule is CC/C=C\C/C=C\C/C=C\CCCCCCCC(=O)OC[C@@H](COC(=O)CCCCCCCCCCCCCCCC)OC(=O)CCCCCCC/C=C\C/C=C\CCCCC. The largest absolute Gasteiger partial charge is 0.462 e. The van der Waals surface area contributed by atoms with Gasteiger partial charge >= 0.3 is 17.9 Å². The van der Waals surface area contributed by atoms with E-state index in [1.54, 1.807) is 0 Å². The van der Waals surface area contributed by atoms with E-state index < -0.39 is 6.10 Å². The van der Waals surface area contributed by atoms with Crippen molar-refractivity contribution in [2.75, 3.05) is 13.2 Å².